The summed E-state index contributed by atoms with van der Waals surface area (Å²) >= 11 is 5.78. The molecule has 1 fully saturated rings. The third-order valence-electron chi connectivity index (χ3n) is 3.42. The Balaban J connectivity index is 1.95. The van der Waals surface area contributed by atoms with Crippen LogP contribution in [0.2, 0.25) is 0 Å². The van der Waals surface area contributed by atoms with Crippen molar-refractivity contribution in [1.29, 1.82) is 0 Å². The second-order valence-corrected chi connectivity index (χ2v) is 5.19. The number of pyridine rings is 1. The zero-order valence-corrected chi connectivity index (χ0v) is 12.0. The van der Waals surface area contributed by atoms with Gasteiger partial charge in [0.2, 0.25) is 0 Å². The van der Waals surface area contributed by atoms with Crippen LogP contribution in [0, 0.1) is 6.92 Å². The molecule has 1 aliphatic heterocycles. The van der Waals surface area contributed by atoms with Gasteiger partial charge in [-0.15, -0.1) is 11.6 Å². The van der Waals surface area contributed by atoms with E-state index in [2.05, 4.69) is 4.98 Å². The Morgan fingerprint density at radius 2 is 1.85 bits per heavy atom. The van der Waals surface area contributed by atoms with Gasteiger partial charge in [-0.3, -0.25) is 4.90 Å². The first-order valence-corrected chi connectivity index (χ1v) is 6.99. The summed E-state index contributed by atoms with van der Waals surface area (Å²) in [5.74, 6) is 1.22. The third-order valence-corrected chi connectivity index (χ3v) is 3.71. The number of nitrogens with zero attached hydrogens (tertiary/aromatic N) is 3. The van der Waals surface area contributed by atoms with Crippen LogP contribution in [0.4, 0.5) is 19.0 Å². The molecule has 0 spiro atoms. The zero-order chi connectivity index (χ0) is 14.8. The maximum Gasteiger partial charge on any atom is 0.401 e. The van der Waals surface area contributed by atoms with Crippen molar-refractivity contribution >= 4 is 17.4 Å². The Kier molecular flexibility index (Phi) is 4.75. The molecule has 1 saturated heterocycles. The number of anilines is 1. The lowest BCUT2D eigenvalue weighted by Crippen LogP contribution is -2.49. The largest absolute Gasteiger partial charge is 0.401 e. The van der Waals surface area contributed by atoms with E-state index in [-0.39, 0.29) is 0 Å². The zero-order valence-electron chi connectivity index (χ0n) is 11.3. The summed E-state index contributed by atoms with van der Waals surface area (Å²) in [5, 5.41) is 0. The molecule has 0 radical (unpaired) electrons. The Morgan fingerprint density at radius 3 is 2.35 bits per heavy atom. The highest BCUT2D eigenvalue weighted by Gasteiger charge is 2.32. The van der Waals surface area contributed by atoms with Gasteiger partial charge in [-0.25, -0.2) is 4.98 Å². The average molecular weight is 308 g/mol. The van der Waals surface area contributed by atoms with Crippen molar-refractivity contribution in [2.75, 3.05) is 37.6 Å². The summed E-state index contributed by atoms with van der Waals surface area (Å²) < 4.78 is 36.9. The highest BCUT2D eigenvalue weighted by Crippen LogP contribution is 2.20. The highest BCUT2D eigenvalue weighted by molar-refractivity contribution is 6.17. The summed E-state index contributed by atoms with van der Waals surface area (Å²) in [6, 6.07) is 3.80. The van der Waals surface area contributed by atoms with Crippen molar-refractivity contribution in [2.24, 2.45) is 0 Å². The molecule has 0 unspecified atom stereocenters. The fourth-order valence-corrected chi connectivity index (χ4v) is 2.57. The van der Waals surface area contributed by atoms with Gasteiger partial charge in [-0.05, 0) is 18.6 Å². The van der Waals surface area contributed by atoms with Gasteiger partial charge in [-0.2, -0.15) is 13.2 Å². The number of halogens is 4. The van der Waals surface area contributed by atoms with Crippen LogP contribution in [0.1, 0.15) is 11.3 Å². The SMILES string of the molecule is Cc1nc(N2CCN(CC(F)(F)F)CC2)ccc1CCl. The van der Waals surface area contributed by atoms with Crippen molar-refractivity contribution in [1.82, 2.24) is 9.88 Å². The van der Waals surface area contributed by atoms with E-state index in [1.54, 1.807) is 0 Å². The van der Waals surface area contributed by atoms with Crippen LogP contribution < -0.4 is 4.90 Å². The second kappa shape index (κ2) is 6.18. The Labute approximate surface area is 121 Å². The first-order chi connectivity index (χ1) is 9.39. The Hall–Kier alpha value is -1.01. The maximum atomic E-state index is 12.3. The van der Waals surface area contributed by atoms with E-state index in [4.69, 9.17) is 11.6 Å². The minimum Gasteiger partial charge on any atom is -0.354 e. The molecule has 0 amide bonds. The number of alkyl halides is 4. The first-order valence-electron chi connectivity index (χ1n) is 6.45. The molecule has 0 aromatic carbocycles. The molecule has 0 N–H and O–H groups in total. The van der Waals surface area contributed by atoms with Crippen LogP contribution in [-0.2, 0) is 5.88 Å². The molecule has 1 aromatic heterocycles. The molecule has 1 aromatic rings. The smallest absolute Gasteiger partial charge is 0.354 e. The molecule has 20 heavy (non-hydrogen) atoms. The van der Waals surface area contributed by atoms with Gasteiger partial charge in [0, 0.05) is 37.8 Å². The molecule has 1 aliphatic rings. The van der Waals surface area contributed by atoms with Gasteiger partial charge in [0.25, 0.3) is 0 Å². The molecule has 2 rings (SSSR count). The van der Waals surface area contributed by atoms with Crippen molar-refractivity contribution in [3.05, 3.63) is 23.4 Å². The topological polar surface area (TPSA) is 19.4 Å². The van der Waals surface area contributed by atoms with Crippen LogP contribution >= 0.6 is 11.6 Å². The number of piperazine rings is 1. The summed E-state index contributed by atoms with van der Waals surface area (Å²) in [4.78, 5) is 7.91. The fraction of sp³-hybridized carbons (Fsp3) is 0.615. The van der Waals surface area contributed by atoms with Crippen LogP contribution in [0.5, 0.6) is 0 Å². The minimum atomic E-state index is -4.13. The Bertz CT molecular complexity index is 457. The number of aryl methyl sites for hydroxylation is 1. The number of hydrogen-bond donors (Lipinski definition) is 0. The molecule has 0 aliphatic carbocycles. The number of rotatable bonds is 3. The van der Waals surface area contributed by atoms with Crippen LogP contribution in [0.25, 0.3) is 0 Å². The van der Waals surface area contributed by atoms with Gasteiger partial charge in [0.15, 0.2) is 0 Å². The summed E-state index contributed by atoms with van der Waals surface area (Å²) in [6.45, 7) is 2.97. The molecule has 0 bridgehead atoms. The van der Waals surface area contributed by atoms with E-state index in [0.717, 1.165) is 17.1 Å². The summed E-state index contributed by atoms with van der Waals surface area (Å²) in [6.07, 6.45) is -4.13. The summed E-state index contributed by atoms with van der Waals surface area (Å²) in [7, 11) is 0. The van der Waals surface area contributed by atoms with Crippen molar-refractivity contribution in [2.45, 2.75) is 19.0 Å². The van der Waals surface area contributed by atoms with Gasteiger partial charge >= 0.3 is 6.18 Å². The third kappa shape index (κ3) is 3.99. The van der Waals surface area contributed by atoms with E-state index >= 15 is 0 Å². The van der Waals surface area contributed by atoms with Crippen molar-refractivity contribution in [3.63, 3.8) is 0 Å². The minimum absolute atomic E-state index is 0.400. The van der Waals surface area contributed by atoms with E-state index in [1.807, 2.05) is 24.0 Å². The molecule has 112 valence electrons. The van der Waals surface area contributed by atoms with Gasteiger partial charge < -0.3 is 4.90 Å². The highest BCUT2D eigenvalue weighted by atomic mass is 35.5. The summed E-state index contributed by atoms with van der Waals surface area (Å²) in [5.41, 5.74) is 1.85. The predicted molar refractivity (Wildman–Crippen MR) is 73.2 cm³/mol. The van der Waals surface area contributed by atoms with Crippen LogP contribution in [0.15, 0.2) is 12.1 Å². The normalized spacial score (nSPS) is 17.6. The number of hydrogen-bond acceptors (Lipinski definition) is 3. The van der Waals surface area contributed by atoms with Crippen molar-refractivity contribution < 1.29 is 13.2 Å². The molecule has 3 nitrogen and oxygen atoms in total. The lowest BCUT2D eigenvalue weighted by atomic mass is 10.2. The standard InChI is InChI=1S/C13H17ClF3N3/c1-10-11(8-14)2-3-12(18-10)20-6-4-19(5-7-20)9-13(15,16)17/h2-3H,4-9H2,1H3. The van der Waals surface area contributed by atoms with Gasteiger partial charge in [0.1, 0.15) is 5.82 Å². The van der Waals surface area contributed by atoms with E-state index in [1.165, 1.54) is 4.90 Å². The maximum absolute atomic E-state index is 12.3. The van der Waals surface area contributed by atoms with Crippen LogP contribution in [-0.4, -0.2) is 48.8 Å². The molecule has 0 saturated carbocycles. The fourth-order valence-electron chi connectivity index (χ4n) is 2.28. The van der Waals surface area contributed by atoms with E-state index in [9.17, 15) is 13.2 Å². The number of aromatic nitrogens is 1. The molecule has 2 heterocycles. The van der Waals surface area contributed by atoms with Gasteiger partial charge in [-0.1, -0.05) is 6.07 Å². The van der Waals surface area contributed by atoms with E-state index in [0.29, 0.717) is 32.1 Å². The van der Waals surface area contributed by atoms with Gasteiger partial charge in [0.05, 0.1) is 6.54 Å². The Morgan fingerprint density at radius 1 is 1.20 bits per heavy atom. The van der Waals surface area contributed by atoms with Crippen molar-refractivity contribution in [3.8, 4) is 0 Å². The molecule has 0 atom stereocenters. The lowest BCUT2D eigenvalue weighted by Gasteiger charge is -2.35. The lowest BCUT2D eigenvalue weighted by molar-refractivity contribution is -0.146. The molecule has 7 heteroatoms. The molecular formula is C13H17ClF3N3. The van der Waals surface area contributed by atoms with Crippen LogP contribution in [0.3, 0.4) is 0 Å². The second-order valence-electron chi connectivity index (χ2n) is 4.93. The predicted octanol–water partition coefficient (Wildman–Crippen LogP) is 2.81. The average Bonchev–Trinajstić information content (AvgIpc) is 2.37. The van der Waals surface area contributed by atoms with E-state index < -0.39 is 12.7 Å². The first kappa shape index (κ1) is 15.4. The molecular weight excluding hydrogens is 291 g/mol. The quantitative estimate of drug-likeness (QED) is 0.801. The monoisotopic (exact) mass is 307 g/mol.